The van der Waals surface area contributed by atoms with Crippen LogP contribution >= 0.6 is 27.3 Å². The summed E-state index contributed by atoms with van der Waals surface area (Å²) in [5.74, 6) is -6.84. The van der Waals surface area contributed by atoms with Crippen molar-refractivity contribution in [3.05, 3.63) is 69.4 Å². The summed E-state index contributed by atoms with van der Waals surface area (Å²) in [5.41, 5.74) is -0.205. The van der Waals surface area contributed by atoms with Gasteiger partial charge < -0.3 is 30.1 Å². The number of benzene rings is 2. The van der Waals surface area contributed by atoms with E-state index in [1.807, 2.05) is 24.3 Å². The third-order valence-corrected chi connectivity index (χ3v) is 9.60. The number of hydrogen-bond acceptors (Lipinski definition) is 9. The Balaban J connectivity index is 1.32. The molecule has 15 heteroatoms. The molecule has 0 radical (unpaired) electrons. The fourth-order valence-electron chi connectivity index (χ4n) is 5.33. The number of aliphatic hydroxyl groups is 3. The molecule has 0 bridgehead atoms. The molecule has 1 amide bonds. The van der Waals surface area contributed by atoms with Crippen LogP contribution in [0.4, 0.5) is 13.2 Å². The monoisotopic (exact) mass is 654 g/mol. The Hall–Kier alpha value is -2.92. The summed E-state index contributed by atoms with van der Waals surface area (Å²) in [4.78, 5) is 13.8. The highest BCUT2D eigenvalue weighted by molar-refractivity contribution is 9.10. The normalized spacial score (nSPS) is 28.0. The van der Waals surface area contributed by atoms with Crippen molar-refractivity contribution < 1.29 is 42.8 Å². The predicted molar refractivity (Wildman–Crippen MR) is 142 cm³/mol. The van der Waals surface area contributed by atoms with Crippen molar-refractivity contribution >= 4 is 43.3 Å². The minimum Gasteiger partial charge on any atom is -0.394 e. The molecule has 2 aliphatic heterocycles. The summed E-state index contributed by atoms with van der Waals surface area (Å²) in [6, 6.07) is 6.71. The number of nitrogens with zero attached hydrogens (tertiary/aromatic N) is 3. The van der Waals surface area contributed by atoms with E-state index in [9.17, 15) is 33.3 Å². The number of thiophene rings is 1. The van der Waals surface area contributed by atoms with Gasteiger partial charge in [-0.3, -0.25) is 4.79 Å². The Labute approximate surface area is 242 Å². The van der Waals surface area contributed by atoms with Crippen LogP contribution in [0.25, 0.3) is 21.3 Å². The maximum absolute atomic E-state index is 13.8. The second-order valence-corrected chi connectivity index (χ2v) is 11.6. The lowest BCUT2D eigenvalue weighted by atomic mass is 9.86. The molecule has 2 fully saturated rings. The van der Waals surface area contributed by atoms with E-state index in [4.69, 9.17) is 9.47 Å². The van der Waals surface area contributed by atoms with E-state index in [2.05, 4.69) is 31.6 Å². The summed E-state index contributed by atoms with van der Waals surface area (Å²) in [5, 5.41) is 44.1. The van der Waals surface area contributed by atoms with Crippen molar-refractivity contribution in [2.45, 2.75) is 42.6 Å². The maximum atomic E-state index is 13.8. The van der Waals surface area contributed by atoms with Gasteiger partial charge in [-0.25, -0.2) is 17.9 Å². The number of ether oxygens (including phenoxy) is 2. The van der Waals surface area contributed by atoms with Gasteiger partial charge in [0.25, 0.3) is 5.91 Å². The molecule has 216 valence electrons. The SMILES string of the molecule is O=C(N[C@@H]1CCO[C@]12O[C@H](CO)[C@H](O)[C@H](n1cc(-c3cc(F)c(F)c(F)c3)nn1)[C@H]2O)c1sc2ccccc2c1Br. The first-order chi connectivity index (χ1) is 19.6. The fourth-order valence-corrected chi connectivity index (χ4v) is 7.23. The van der Waals surface area contributed by atoms with Gasteiger partial charge in [-0.05, 0) is 40.5 Å². The molecule has 10 nitrogen and oxygen atoms in total. The van der Waals surface area contributed by atoms with Gasteiger partial charge in [0.05, 0.1) is 25.5 Å². The molecular weight excluding hydrogens is 633 g/mol. The van der Waals surface area contributed by atoms with E-state index in [-0.39, 0.29) is 24.3 Å². The van der Waals surface area contributed by atoms with Gasteiger partial charge in [0.1, 0.15) is 34.9 Å². The molecule has 2 aromatic heterocycles. The smallest absolute Gasteiger partial charge is 0.262 e. The van der Waals surface area contributed by atoms with Crippen LogP contribution in [0.3, 0.4) is 0 Å². The van der Waals surface area contributed by atoms with Crippen molar-refractivity contribution in [1.29, 1.82) is 0 Å². The third-order valence-electron chi connectivity index (χ3n) is 7.34. The van der Waals surface area contributed by atoms with Gasteiger partial charge in [-0.15, -0.1) is 16.4 Å². The second kappa shape index (κ2) is 10.7. The quantitative estimate of drug-likeness (QED) is 0.241. The van der Waals surface area contributed by atoms with Crippen molar-refractivity contribution in [1.82, 2.24) is 20.3 Å². The van der Waals surface area contributed by atoms with Gasteiger partial charge >= 0.3 is 0 Å². The molecule has 2 saturated heterocycles. The van der Waals surface area contributed by atoms with E-state index in [1.54, 1.807) is 0 Å². The zero-order valence-corrected chi connectivity index (χ0v) is 23.3. The van der Waals surface area contributed by atoms with Crippen LogP contribution in [0.2, 0.25) is 0 Å². The van der Waals surface area contributed by atoms with E-state index in [1.165, 1.54) is 17.5 Å². The lowest BCUT2D eigenvalue weighted by Gasteiger charge is -2.49. The molecular formula is C26H22BrF3N4O6S. The average Bonchev–Trinajstić information content (AvgIpc) is 3.68. The van der Waals surface area contributed by atoms with Crippen molar-refractivity contribution in [2.24, 2.45) is 0 Å². The Morgan fingerprint density at radius 3 is 2.66 bits per heavy atom. The number of fused-ring (bicyclic) bond motifs is 1. The number of carbonyl (C=O) groups is 1. The Morgan fingerprint density at radius 2 is 1.95 bits per heavy atom. The first-order valence-electron chi connectivity index (χ1n) is 12.5. The van der Waals surface area contributed by atoms with Crippen LogP contribution in [-0.2, 0) is 9.47 Å². The maximum Gasteiger partial charge on any atom is 0.262 e. The highest BCUT2D eigenvalue weighted by atomic mass is 79.9. The molecule has 4 aromatic rings. The lowest BCUT2D eigenvalue weighted by molar-refractivity contribution is -0.344. The van der Waals surface area contributed by atoms with E-state index in [0.717, 1.165) is 26.9 Å². The molecule has 0 unspecified atom stereocenters. The van der Waals surface area contributed by atoms with Crippen LogP contribution in [0.15, 0.2) is 47.1 Å². The van der Waals surface area contributed by atoms with Crippen LogP contribution in [-0.4, -0.2) is 79.6 Å². The van der Waals surface area contributed by atoms with Crippen LogP contribution in [0.5, 0.6) is 0 Å². The van der Waals surface area contributed by atoms with Crippen molar-refractivity contribution in [3.63, 3.8) is 0 Å². The number of carbonyl (C=O) groups excluding carboxylic acids is 1. The van der Waals surface area contributed by atoms with Gasteiger partial charge in [-0.2, -0.15) is 0 Å². The Morgan fingerprint density at radius 1 is 1.22 bits per heavy atom. The topological polar surface area (TPSA) is 139 Å². The molecule has 4 heterocycles. The molecule has 0 saturated carbocycles. The van der Waals surface area contributed by atoms with Gasteiger partial charge in [0.15, 0.2) is 17.5 Å². The number of rotatable bonds is 5. The molecule has 2 aromatic carbocycles. The van der Waals surface area contributed by atoms with Crippen molar-refractivity contribution in [3.8, 4) is 11.3 Å². The molecule has 0 aliphatic carbocycles. The predicted octanol–water partition coefficient (Wildman–Crippen LogP) is 2.91. The number of aliphatic hydroxyl groups excluding tert-OH is 3. The Bertz CT molecular complexity index is 1610. The molecule has 1 spiro atoms. The van der Waals surface area contributed by atoms with Gasteiger partial charge in [0, 0.05) is 20.1 Å². The van der Waals surface area contributed by atoms with Crippen LogP contribution < -0.4 is 5.32 Å². The first kappa shape index (κ1) is 28.2. The summed E-state index contributed by atoms with van der Waals surface area (Å²) < 4.78 is 55.5. The van der Waals surface area contributed by atoms with Crippen LogP contribution in [0, 0.1) is 17.5 Å². The van der Waals surface area contributed by atoms with Crippen LogP contribution in [0.1, 0.15) is 22.1 Å². The van der Waals surface area contributed by atoms with Gasteiger partial charge in [0.2, 0.25) is 5.79 Å². The molecule has 6 rings (SSSR count). The van der Waals surface area contributed by atoms with Gasteiger partial charge in [-0.1, -0.05) is 23.4 Å². The largest absolute Gasteiger partial charge is 0.394 e. The molecule has 6 atom stereocenters. The second-order valence-electron chi connectivity index (χ2n) is 9.73. The van der Waals surface area contributed by atoms with E-state index < -0.39 is 66.1 Å². The third kappa shape index (κ3) is 4.65. The average molecular weight is 655 g/mol. The highest BCUT2D eigenvalue weighted by Gasteiger charge is 2.62. The first-order valence-corrected chi connectivity index (χ1v) is 14.1. The zero-order valence-electron chi connectivity index (χ0n) is 20.9. The van der Waals surface area contributed by atoms with E-state index >= 15 is 0 Å². The molecule has 41 heavy (non-hydrogen) atoms. The summed E-state index contributed by atoms with van der Waals surface area (Å²) in [6.07, 6.45) is -3.02. The summed E-state index contributed by atoms with van der Waals surface area (Å²) >= 11 is 4.76. The summed E-state index contributed by atoms with van der Waals surface area (Å²) in [6.45, 7) is -0.596. The summed E-state index contributed by atoms with van der Waals surface area (Å²) in [7, 11) is 0. The minimum absolute atomic E-state index is 0.0740. The minimum atomic E-state index is -1.89. The Kier molecular flexibility index (Phi) is 7.38. The number of nitrogens with one attached hydrogen (secondary N) is 1. The van der Waals surface area contributed by atoms with Crippen molar-refractivity contribution in [2.75, 3.05) is 13.2 Å². The number of amides is 1. The lowest BCUT2D eigenvalue weighted by Crippen LogP contribution is -2.68. The fraction of sp³-hybridized carbons (Fsp3) is 0.346. The number of aromatic nitrogens is 3. The molecule has 4 N–H and O–H groups in total. The number of hydrogen-bond donors (Lipinski definition) is 4. The highest BCUT2D eigenvalue weighted by Crippen LogP contribution is 2.44. The molecule has 2 aliphatic rings. The standard InChI is InChI=1S/C26H22BrF3N4O6S/c27-19-12-3-1-2-4-17(12)41-23(19)25(38)31-18-5-6-39-26(18)24(37)21(22(36)16(10-35)40-26)34-9-15(32-33-34)11-7-13(28)20(30)14(29)8-11/h1-4,7-9,16,18,21-22,24,35-37H,5-6,10H2,(H,31,38)/t16-,18-,21+,22+,24-,26+/m1/s1. The van der Waals surface area contributed by atoms with E-state index in [0.29, 0.717) is 9.35 Å². The zero-order chi connectivity index (χ0) is 29.1. The number of halogens is 4.